The number of esters is 1. The number of rotatable bonds is 5. The molecule has 0 aliphatic heterocycles. The molecule has 0 saturated carbocycles. The lowest BCUT2D eigenvalue weighted by molar-refractivity contribution is 0.0728. The summed E-state index contributed by atoms with van der Waals surface area (Å²) in [7, 11) is 0. The van der Waals surface area contributed by atoms with Gasteiger partial charge in [0.25, 0.3) is 0 Å². The highest BCUT2D eigenvalue weighted by Crippen LogP contribution is 2.30. The van der Waals surface area contributed by atoms with Crippen LogP contribution >= 0.6 is 11.6 Å². The molecule has 0 atom stereocenters. The predicted octanol–water partition coefficient (Wildman–Crippen LogP) is 4.52. The van der Waals surface area contributed by atoms with Gasteiger partial charge in [0.2, 0.25) is 0 Å². The minimum Gasteiger partial charge on any atom is -0.490 e. The van der Waals surface area contributed by atoms with Gasteiger partial charge >= 0.3 is 5.97 Å². The lowest BCUT2D eigenvalue weighted by atomic mass is 10.1. The molecule has 0 heterocycles. The molecule has 2 aromatic rings. The van der Waals surface area contributed by atoms with Crippen LogP contribution in [0, 0.1) is 0 Å². The van der Waals surface area contributed by atoms with Crippen molar-refractivity contribution in [3.05, 3.63) is 58.6 Å². The summed E-state index contributed by atoms with van der Waals surface area (Å²) in [6.07, 6.45) is 0.888. The Hall–Kier alpha value is -2.00. The van der Waals surface area contributed by atoms with Crippen molar-refractivity contribution < 1.29 is 14.3 Å². The van der Waals surface area contributed by atoms with E-state index in [2.05, 4.69) is 6.92 Å². The van der Waals surface area contributed by atoms with Crippen molar-refractivity contribution in [2.75, 3.05) is 6.61 Å². The van der Waals surface area contributed by atoms with E-state index in [1.165, 1.54) is 0 Å². The summed E-state index contributed by atoms with van der Waals surface area (Å²) in [4.78, 5) is 12.2. The fourth-order valence-electron chi connectivity index (χ4n) is 1.91. The van der Waals surface area contributed by atoms with Crippen molar-refractivity contribution in [3.8, 4) is 11.5 Å². The summed E-state index contributed by atoms with van der Waals surface area (Å²) in [5.74, 6) is 0.474. The highest BCUT2D eigenvalue weighted by atomic mass is 35.5. The van der Waals surface area contributed by atoms with Gasteiger partial charge in [-0.05, 0) is 43.2 Å². The molecule has 2 rings (SSSR count). The third kappa shape index (κ3) is 3.76. The highest BCUT2D eigenvalue weighted by Gasteiger charge is 2.15. The van der Waals surface area contributed by atoms with Gasteiger partial charge < -0.3 is 9.47 Å². The van der Waals surface area contributed by atoms with Gasteiger partial charge in [-0.2, -0.15) is 0 Å². The second-order valence-electron chi connectivity index (χ2n) is 4.44. The zero-order chi connectivity index (χ0) is 15.2. The average Bonchev–Trinajstić information content (AvgIpc) is 2.49. The molecule has 0 amide bonds. The zero-order valence-electron chi connectivity index (χ0n) is 12.1. The molecular formula is C17H17ClO3. The topological polar surface area (TPSA) is 35.5 Å². The van der Waals surface area contributed by atoms with Gasteiger partial charge in [-0.25, -0.2) is 4.79 Å². The van der Waals surface area contributed by atoms with Crippen LogP contribution < -0.4 is 9.47 Å². The molecule has 3 nitrogen and oxygen atoms in total. The van der Waals surface area contributed by atoms with Gasteiger partial charge in [0, 0.05) is 0 Å². The molecule has 0 bridgehead atoms. The Bertz CT molecular complexity index is 638. The number of aryl methyl sites for hydroxylation is 1. The Morgan fingerprint density at radius 3 is 2.52 bits per heavy atom. The van der Waals surface area contributed by atoms with Crippen molar-refractivity contribution in [3.63, 3.8) is 0 Å². The third-order valence-electron chi connectivity index (χ3n) is 3.01. The monoisotopic (exact) mass is 304 g/mol. The second kappa shape index (κ2) is 7.14. The van der Waals surface area contributed by atoms with Crippen LogP contribution in [0.15, 0.2) is 42.5 Å². The van der Waals surface area contributed by atoms with Crippen LogP contribution in [0.2, 0.25) is 5.02 Å². The first kappa shape index (κ1) is 15.4. The number of halogens is 1. The minimum absolute atomic E-state index is 0.334. The molecule has 0 aliphatic carbocycles. The fraction of sp³-hybridized carbons (Fsp3) is 0.235. The molecule has 0 aromatic heterocycles. The standard InChI is InChI=1S/C17H17ClO3/c1-3-12-9-10-15(16(11-12)20-4-2)21-17(19)13-7-5-6-8-14(13)18/h5-11H,3-4H2,1-2H3. The van der Waals surface area contributed by atoms with E-state index in [-0.39, 0.29) is 0 Å². The number of carbonyl (C=O) groups excluding carboxylic acids is 1. The zero-order valence-corrected chi connectivity index (χ0v) is 12.8. The van der Waals surface area contributed by atoms with Crippen molar-refractivity contribution in [1.82, 2.24) is 0 Å². The van der Waals surface area contributed by atoms with Crippen molar-refractivity contribution in [1.29, 1.82) is 0 Å². The summed E-state index contributed by atoms with van der Waals surface area (Å²) in [5.41, 5.74) is 1.46. The lowest BCUT2D eigenvalue weighted by Crippen LogP contribution is -2.10. The van der Waals surface area contributed by atoms with Gasteiger partial charge in [-0.15, -0.1) is 0 Å². The van der Waals surface area contributed by atoms with Gasteiger partial charge in [0.15, 0.2) is 11.5 Å². The number of benzene rings is 2. The molecule has 4 heteroatoms. The summed E-state index contributed by atoms with van der Waals surface area (Å²) in [6.45, 7) is 4.45. The summed E-state index contributed by atoms with van der Waals surface area (Å²) in [5, 5.41) is 0.366. The van der Waals surface area contributed by atoms with E-state index in [4.69, 9.17) is 21.1 Å². The smallest absolute Gasteiger partial charge is 0.345 e. The summed E-state index contributed by atoms with van der Waals surface area (Å²) in [6, 6.07) is 12.3. The average molecular weight is 305 g/mol. The Balaban J connectivity index is 2.26. The summed E-state index contributed by atoms with van der Waals surface area (Å²) >= 11 is 6.00. The maximum atomic E-state index is 12.2. The van der Waals surface area contributed by atoms with Crippen molar-refractivity contribution in [2.45, 2.75) is 20.3 Å². The predicted molar refractivity (Wildman–Crippen MR) is 83.4 cm³/mol. The van der Waals surface area contributed by atoms with E-state index < -0.39 is 5.97 Å². The van der Waals surface area contributed by atoms with Crippen molar-refractivity contribution in [2.24, 2.45) is 0 Å². The first-order valence-electron chi connectivity index (χ1n) is 6.88. The molecule has 0 spiro atoms. The van der Waals surface area contributed by atoms with Crippen LogP contribution in [-0.2, 0) is 6.42 Å². The van der Waals surface area contributed by atoms with Gasteiger partial charge in [0.1, 0.15) is 0 Å². The molecule has 2 aromatic carbocycles. The maximum absolute atomic E-state index is 12.2. The van der Waals surface area contributed by atoms with Crippen molar-refractivity contribution >= 4 is 17.6 Å². The van der Waals surface area contributed by atoms with Gasteiger partial charge in [-0.3, -0.25) is 0 Å². The molecule has 0 fully saturated rings. The van der Waals surface area contributed by atoms with E-state index >= 15 is 0 Å². The summed E-state index contributed by atoms with van der Waals surface area (Å²) < 4.78 is 11.0. The molecule has 21 heavy (non-hydrogen) atoms. The quantitative estimate of drug-likeness (QED) is 0.602. The lowest BCUT2D eigenvalue weighted by Gasteiger charge is -2.12. The normalized spacial score (nSPS) is 10.2. The molecule has 0 radical (unpaired) electrons. The Morgan fingerprint density at radius 2 is 1.86 bits per heavy atom. The van der Waals surface area contributed by atoms with Crippen LogP contribution in [0.25, 0.3) is 0 Å². The first-order chi connectivity index (χ1) is 10.2. The van der Waals surface area contributed by atoms with E-state index in [0.29, 0.717) is 28.7 Å². The van der Waals surface area contributed by atoms with Gasteiger partial charge in [-0.1, -0.05) is 36.7 Å². The third-order valence-corrected chi connectivity index (χ3v) is 3.34. The van der Waals surface area contributed by atoms with Crippen LogP contribution in [0.5, 0.6) is 11.5 Å². The largest absolute Gasteiger partial charge is 0.490 e. The Labute approximate surface area is 129 Å². The van der Waals surface area contributed by atoms with E-state index in [1.54, 1.807) is 30.3 Å². The molecule has 110 valence electrons. The van der Waals surface area contributed by atoms with Crippen LogP contribution in [0.3, 0.4) is 0 Å². The number of carbonyl (C=O) groups is 1. The Kier molecular flexibility index (Phi) is 5.23. The second-order valence-corrected chi connectivity index (χ2v) is 4.84. The molecule has 0 aliphatic rings. The number of ether oxygens (including phenoxy) is 2. The Morgan fingerprint density at radius 1 is 1.10 bits per heavy atom. The molecular weight excluding hydrogens is 288 g/mol. The van der Waals surface area contributed by atoms with Crippen LogP contribution in [-0.4, -0.2) is 12.6 Å². The van der Waals surface area contributed by atoms with Crippen LogP contribution in [0.4, 0.5) is 0 Å². The highest BCUT2D eigenvalue weighted by molar-refractivity contribution is 6.33. The fourth-order valence-corrected chi connectivity index (χ4v) is 2.12. The molecule has 0 N–H and O–H groups in total. The minimum atomic E-state index is -0.495. The van der Waals surface area contributed by atoms with Gasteiger partial charge in [0.05, 0.1) is 17.2 Å². The molecule has 0 saturated heterocycles. The number of hydrogen-bond acceptors (Lipinski definition) is 3. The van der Waals surface area contributed by atoms with E-state index in [0.717, 1.165) is 12.0 Å². The molecule has 0 unspecified atom stereocenters. The number of hydrogen-bond donors (Lipinski definition) is 0. The van der Waals surface area contributed by atoms with E-state index in [1.807, 2.05) is 19.1 Å². The SMILES string of the molecule is CCOc1cc(CC)ccc1OC(=O)c1ccccc1Cl. The first-order valence-corrected chi connectivity index (χ1v) is 7.26. The maximum Gasteiger partial charge on any atom is 0.345 e. The van der Waals surface area contributed by atoms with Crippen LogP contribution in [0.1, 0.15) is 29.8 Å². The van der Waals surface area contributed by atoms with E-state index in [9.17, 15) is 4.79 Å².